The van der Waals surface area contributed by atoms with E-state index < -0.39 is 0 Å². The zero-order valence-corrected chi connectivity index (χ0v) is 7.79. The standard InChI is InChI=1S/C7H8N2O.BrH/c1-5(10)6-2-3-7(8)9-4-6;/h2-4H,1H3,(H2,8,9);1H. The lowest BCUT2D eigenvalue weighted by molar-refractivity contribution is 0.101. The molecular weight excluding hydrogens is 208 g/mol. The number of aromatic nitrogens is 1. The highest BCUT2D eigenvalue weighted by Crippen LogP contribution is 2.00. The molecule has 0 spiro atoms. The van der Waals surface area contributed by atoms with Crippen LogP contribution < -0.4 is 5.73 Å². The average molecular weight is 217 g/mol. The highest BCUT2D eigenvalue weighted by Gasteiger charge is 1.96. The van der Waals surface area contributed by atoms with E-state index in [2.05, 4.69) is 4.98 Å². The summed E-state index contributed by atoms with van der Waals surface area (Å²) in [6, 6.07) is 3.27. The Hall–Kier alpha value is -0.900. The molecular formula is C7H9BrN2O. The molecule has 0 aromatic carbocycles. The number of hydrogen-bond acceptors (Lipinski definition) is 3. The number of hydrogen-bond donors (Lipinski definition) is 1. The number of pyridine rings is 1. The normalized spacial score (nSPS) is 8.45. The molecule has 0 fully saturated rings. The first kappa shape index (κ1) is 10.1. The van der Waals surface area contributed by atoms with Crippen molar-refractivity contribution in [2.24, 2.45) is 0 Å². The second-order valence-corrected chi connectivity index (χ2v) is 2.03. The van der Waals surface area contributed by atoms with Crippen molar-refractivity contribution >= 4 is 28.6 Å². The Bertz CT molecular complexity index is 245. The number of nitrogens with zero attached hydrogens (tertiary/aromatic N) is 1. The molecule has 0 unspecified atom stereocenters. The van der Waals surface area contributed by atoms with Crippen molar-refractivity contribution in [3.05, 3.63) is 23.9 Å². The summed E-state index contributed by atoms with van der Waals surface area (Å²) in [7, 11) is 0. The van der Waals surface area contributed by atoms with Crippen molar-refractivity contribution in [3.8, 4) is 0 Å². The Labute approximate surface area is 75.4 Å². The fraction of sp³-hybridized carbons (Fsp3) is 0.143. The van der Waals surface area contributed by atoms with Crippen molar-refractivity contribution in [3.63, 3.8) is 0 Å². The smallest absolute Gasteiger partial charge is 0.161 e. The van der Waals surface area contributed by atoms with Crippen LogP contribution in [-0.2, 0) is 0 Å². The topological polar surface area (TPSA) is 56.0 Å². The molecule has 1 aromatic rings. The van der Waals surface area contributed by atoms with Crippen molar-refractivity contribution < 1.29 is 4.79 Å². The Morgan fingerprint density at radius 1 is 1.55 bits per heavy atom. The molecule has 0 saturated carbocycles. The first-order valence-electron chi connectivity index (χ1n) is 2.92. The first-order valence-corrected chi connectivity index (χ1v) is 2.92. The van der Waals surface area contributed by atoms with Crippen LogP contribution in [0.15, 0.2) is 18.3 Å². The number of ketones is 1. The van der Waals surface area contributed by atoms with E-state index in [-0.39, 0.29) is 22.8 Å². The zero-order chi connectivity index (χ0) is 7.56. The minimum absolute atomic E-state index is 0. The van der Waals surface area contributed by atoms with Gasteiger partial charge in [-0.1, -0.05) is 0 Å². The van der Waals surface area contributed by atoms with Gasteiger partial charge in [0, 0.05) is 11.8 Å². The predicted octanol–water partition coefficient (Wildman–Crippen LogP) is 1.44. The summed E-state index contributed by atoms with van der Waals surface area (Å²) in [6.45, 7) is 1.49. The molecule has 0 bridgehead atoms. The Morgan fingerprint density at radius 2 is 2.18 bits per heavy atom. The summed E-state index contributed by atoms with van der Waals surface area (Å²) in [6.07, 6.45) is 1.47. The molecule has 11 heavy (non-hydrogen) atoms. The first-order chi connectivity index (χ1) is 4.70. The summed E-state index contributed by atoms with van der Waals surface area (Å²) >= 11 is 0. The molecule has 1 aromatic heterocycles. The van der Waals surface area contributed by atoms with Crippen LogP contribution in [0.1, 0.15) is 17.3 Å². The molecule has 0 aliphatic carbocycles. The summed E-state index contributed by atoms with van der Waals surface area (Å²) in [5.74, 6) is 0.442. The molecule has 0 saturated heterocycles. The third kappa shape index (κ3) is 2.67. The van der Waals surface area contributed by atoms with Gasteiger partial charge in [0.15, 0.2) is 5.78 Å². The van der Waals surface area contributed by atoms with E-state index in [0.29, 0.717) is 11.4 Å². The van der Waals surface area contributed by atoms with Gasteiger partial charge in [-0.05, 0) is 19.1 Å². The van der Waals surface area contributed by atoms with Crippen LogP contribution in [0, 0.1) is 0 Å². The van der Waals surface area contributed by atoms with Crippen LogP contribution in [0.2, 0.25) is 0 Å². The van der Waals surface area contributed by atoms with Crippen LogP contribution in [-0.4, -0.2) is 10.8 Å². The Morgan fingerprint density at radius 3 is 2.55 bits per heavy atom. The number of rotatable bonds is 1. The van der Waals surface area contributed by atoms with Crippen molar-refractivity contribution in [2.45, 2.75) is 6.92 Å². The molecule has 2 N–H and O–H groups in total. The zero-order valence-electron chi connectivity index (χ0n) is 6.07. The number of carbonyl (C=O) groups excluding carboxylic acids is 1. The number of Topliss-reactive ketones (excluding diaryl/α,β-unsaturated/α-hetero) is 1. The largest absolute Gasteiger partial charge is 0.384 e. The van der Waals surface area contributed by atoms with Crippen molar-refractivity contribution in [2.75, 3.05) is 5.73 Å². The summed E-state index contributed by atoms with van der Waals surface area (Å²) in [5.41, 5.74) is 5.90. The second-order valence-electron chi connectivity index (χ2n) is 2.03. The van der Waals surface area contributed by atoms with Gasteiger partial charge in [-0.25, -0.2) is 4.98 Å². The maximum Gasteiger partial charge on any atom is 0.161 e. The summed E-state index contributed by atoms with van der Waals surface area (Å²) in [4.78, 5) is 14.4. The van der Waals surface area contributed by atoms with Crippen molar-refractivity contribution in [1.82, 2.24) is 4.98 Å². The van der Waals surface area contributed by atoms with Gasteiger partial charge < -0.3 is 5.73 Å². The van der Waals surface area contributed by atoms with Gasteiger partial charge >= 0.3 is 0 Å². The fourth-order valence-electron chi connectivity index (χ4n) is 0.614. The lowest BCUT2D eigenvalue weighted by Crippen LogP contribution is -1.95. The van der Waals surface area contributed by atoms with Gasteiger partial charge in [0.1, 0.15) is 5.82 Å². The lowest BCUT2D eigenvalue weighted by Gasteiger charge is -1.93. The predicted molar refractivity (Wildman–Crippen MR) is 49.0 cm³/mol. The van der Waals surface area contributed by atoms with Gasteiger partial charge in [-0.3, -0.25) is 4.79 Å². The molecule has 3 nitrogen and oxygen atoms in total. The average Bonchev–Trinajstić information content (AvgIpc) is 1.88. The quantitative estimate of drug-likeness (QED) is 0.724. The van der Waals surface area contributed by atoms with Crippen LogP contribution in [0.4, 0.5) is 5.82 Å². The maximum absolute atomic E-state index is 10.7. The molecule has 0 aliphatic rings. The van der Waals surface area contributed by atoms with Gasteiger partial charge in [-0.2, -0.15) is 0 Å². The van der Waals surface area contributed by atoms with Gasteiger partial charge in [0.25, 0.3) is 0 Å². The third-order valence-electron chi connectivity index (χ3n) is 1.19. The molecule has 0 amide bonds. The molecule has 0 atom stereocenters. The maximum atomic E-state index is 10.7. The van der Waals surface area contributed by atoms with Crippen LogP contribution in [0.3, 0.4) is 0 Å². The minimum Gasteiger partial charge on any atom is -0.384 e. The summed E-state index contributed by atoms with van der Waals surface area (Å²) < 4.78 is 0. The Balaban J connectivity index is 0.000001000. The van der Waals surface area contributed by atoms with Gasteiger partial charge in [0.05, 0.1) is 0 Å². The molecule has 0 radical (unpaired) electrons. The van der Waals surface area contributed by atoms with E-state index in [1.807, 2.05) is 0 Å². The van der Waals surface area contributed by atoms with E-state index in [0.717, 1.165) is 0 Å². The van der Waals surface area contributed by atoms with E-state index in [4.69, 9.17) is 5.73 Å². The summed E-state index contributed by atoms with van der Waals surface area (Å²) in [5, 5.41) is 0. The van der Waals surface area contributed by atoms with Crippen LogP contribution in [0.5, 0.6) is 0 Å². The molecule has 1 heterocycles. The SMILES string of the molecule is Br.CC(=O)c1ccc(N)nc1. The van der Waals surface area contributed by atoms with E-state index >= 15 is 0 Å². The highest BCUT2D eigenvalue weighted by molar-refractivity contribution is 8.93. The van der Waals surface area contributed by atoms with Crippen LogP contribution in [0.25, 0.3) is 0 Å². The highest BCUT2D eigenvalue weighted by atomic mass is 79.9. The fourth-order valence-corrected chi connectivity index (χ4v) is 0.614. The number of halogens is 1. The van der Waals surface area contributed by atoms with Gasteiger partial charge in [0.2, 0.25) is 0 Å². The van der Waals surface area contributed by atoms with Gasteiger partial charge in [-0.15, -0.1) is 17.0 Å². The number of nitrogens with two attached hydrogens (primary N) is 1. The van der Waals surface area contributed by atoms with E-state index in [9.17, 15) is 4.79 Å². The number of nitrogen functional groups attached to an aromatic ring is 1. The molecule has 4 heteroatoms. The van der Waals surface area contributed by atoms with E-state index in [1.165, 1.54) is 13.1 Å². The number of anilines is 1. The van der Waals surface area contributed by atoms with Crippen molar-refractivity contribution in [1.29, 1.82) is 0 Å². The third-order valence-corrected chi connectivity index (χ3v) is 1.19. The lowest BCUT2D eigenvalue weighted by atomic mass is 10.2. The number of carbonyl (C=O) groups is 1. The minimum atomic E-state index is 0. The van der Waals surface area contributed by atoms with E-state index in [1.54, 1.807) is 12.1 Å². The van der Waals surface area contributed by atoms with Crippen LogP contribution >= 0.6 is 17.0 Å². The molecule has 0 aliphatic heterocycles. The molecule has 1 rings (SSSR count). The molecule has 60 valence electrons. The Kier molecular flexibility index (Phi) is 3.74. The second kappa shape index (κ2) is 4.08. The monoisotopic (exact) mass is 216 g/mol.